The van der Waals surface area contributed by atoms with Gasteiger partial charge in [0.2, 0.25) is 0 Å². The smallest absolute Gasteiger partial charge is 0.308 e. The van der Waals surface area contributed by atoms with Gasteiger partial charge in [0.05, 0.1) is 49.1 Å². The van der Waals surface area contributed by atoms with Crippen LogP contribution in [0.5, 0.6) is 0 Å². The first-order valence-corrected chi connectivity index (χ1v) is 17.7. The molecule has 0 aromatic rings. The number of hydrogen-bond donors (Lipinski definition) is 3. The number of rotatable bonds is 9. The molecule has 0 aromatic carbocycles. The number of carbonyl (C=O) groups is 2. The van der Waals surface area contributed by atoms with Gasteiger partial charge in [0.1, 0.15) is 24.6 Å². The molecule has 0 radical (unpaired) electrons. The van der Waals surface area contributed by atoms with E-state index in [-0.39, 0.29) is 30.9 Å². The first-order valence-electron chi connectivity index (χ1n) is 17.7. The molecular formula is C36H62N2O11. The highest BCUT2D eigenvalue weighted by atomic mass is 16.7. The van der Waals surface area contributed by atoms with Crippen molar-refractivity contribution in [1.29, 1.82) is 0 Å². The zero-order chi connectivity index (χ0) is 36.4. The molecule has 49 heavy (non-hydrogen) atoms. The van der Waals surface area contributed by atoms with Gasteiger partial charge in [-0.1, -0.05) is 31.2 Å². The van der Waals surface area contributed by atoms with Crippen LogP contribution in [0.25, 0.3) is 0 Å². The van der Waals surface area contributed by atoms with Gasteiger partial charge >= 0.3 is 5.97 Å². The van der Waals surface area contributed by atoms with Crippen LogP contribution in [-0.2, 0) is 38.0 Å². The molecule has 3 heterocycles. The molecular weight excluding hydrogens is 636 g/mol. The van der Waals surface area contributed by atoms with Gasteiger partial charge in [-0.3, -0.25) is 4.79 Å². The van der Waals surface area contributed by atoms with Crippen LogP contribution < -0.4 is 0 Å². The second-order valence-corrected chi connectivity index (χ2v) is 14.4. The van der Waals surface area contributed by atoms with E-state index >= 15 is 0 Å². The number of aliphatic hydroxyl groups excluding tert-OH is 3. The van der Waals surface area contributed by atoms with Crippen molar-refractivity contribution in [2.75, 3.05) is 35.3 Å². The Hall–Kier alpha value is -1.78. The fourth-order valence-electron chi connectivity index (χ4n) is 7.35. The Kier molecular flexibility index (Phi) is 16.8. The van der Waals surface area contributed by atoms with Crippen LogP contribution >= 0.6 is 0 Å². The number of aliphatic hydroxyl groups is 3. The standard InChI is InChI=1S/C36H62N2O11/c1-21-19-25(17-18-39)34(49-36-33(43)31(38(7)8)32(42)24(4)47-36)35(44-9)27(40)20-29(41)45-22(2)13-11-10-12-14-28(21)48-30-16-15-26(37(5)6)23(3)46-30/h10-12,14,18,21-28,30-36,40,42-43H,13,15-17,19-20H2,1-9H3/b11-10+,14-12+/t21-,22-,23-,24-,25+,26+,27-,28+,30+,31+,32-,33-,34+,35+,36+/m1/s1. The number of nitrogens with zero attached hydrogens (tertiary/aromatic N) is 2. The summed E-state index contributed by atoms with van der Waals surface area (Å²) < 4.78 is 36.8. The van der Waals surface area contributed by atoms with Crippen LogP contribution in [0.4, 0.5) is 0 Å². The molecule has 15 atom stereocenters. The van der Waals surface area contributed by atoms with Gasteiger partial charge in [0, 0.05) is 26.0 Å². The normalized spacial score (nSPS) is 43.2. The summed E-state index contributed by atoms with van der Waals surface area (Å²) in [6, 6.07) is -0.434. The summed E-state index contributed by atoms with van der Waals surface area (Å²) in [4.78, 5) is 29.0. The predicted molar refractivity (Wildman–Crippen MR) is 182 cm³/mol. The molecule has 0 aromatic heterocycles. The highest BCUT2D eigenvalue weighted by Gasteiger charge is 2.48. The molecule has 3 rings (SSSR count). The Morgan fingerprint density at radius 3 is 2.24 bits per heavy atom. The molecule has 13 heteroatoms. The summed E-state index contributed by atoms with van der Waals surface area (Å²) in [5.41, 5.74) is 0. The van der Waals surface area contributed by atoms with E-state index in [9.17, 15) is 24.9 Å². The van der Waals surface area contributed by atoms with Crippen LogP contribution in [0.15, 0.2) is 24.3 Å². The van der Waals surface area contributed by atoms with Crippen molar-refractivity contribution in [2.24, 2.45) is 11.8 Å². The number of hydrogen-bond acceptors (Lipinski definition) is 13. The maximum atomic E-state index is 12.9. The summed E-state index contributed by atoms with van der Waals surface area (Å²) in [6.45, 7) is 7.53. The first kappa shape index (κ1) is 41.6. The number of likely N-dealkylation sites (N-methyl/N-ethyl adjacent to an activating group) is 2. The fourth-order valence-corrected chi connectivity index (χ4v) is 7.35. The molecule has 0 saturated carbocycles. The van der Waals surface area contributed by atoms with E-state index in [4.69, 9.17) is 28.4 Å². The number of esters is 1. The lowest BCUT2D eigenvalue weighted by molar-refractivity contribution is -0.309. The van der Waals surface area contributed by atoms with E-state index in [0.29, 0.717) is 12.8 Å². The molecule has 0 aliphatic carbocycles. The van der Waals surface area contributed by atoms with Crippen molar-refractivity contribution < 1.29 is 53.3 Å². The largest absolute Gasteiger partial charge is 0.462 e. The van der Waals surface area contributed by atoms with Crippen LogP contribution in [0.1, 0.15) is 66.2 Å². The lowest BCUT2D eigenvalue weighted by Crippen LogP contribution is -2.63. The molecule has 0 bridgehead atoms. The molecule has 0 amide bonds. The maximum absolute atomic E-state index is 12.9. The number of methoxy groups -OCH3 is 1. The summed E-state index contributed by atoms with van der Waals surface area (Å²) in [5, 5.41) is 33.6. The SMILES string of the molecule is CO[C@@H]1[C@@H](O[C@@H]2O[C@H](C)[C@@H](O)[C@H](N(C)C)[C@H]2O)[C@@H](CC=O)C[C@@H](C)[C@@H](O[C@H]2CC[C@H](N(C)C)[C@@H](C)O2)/C=C/C=C/C[C@@H](C)OC(=O)C[C@H]1O. The monoisotopic (exact) mass is 698 g/mol. The number of allylic oxidation sites excluding steroid dienone is 2. The summed E-state index contributed by atoms with van der Waals surface area (Å²) in [6.07, 6.45) is 1.58. The minimum absolute atomic E-state index is 0.0262. The summed E-state index contributed by atoms with van der Waals surface area (Å²) in [7, 11) is 8.97. The molecule has 2 fully saturated rings. The van der Waals surface area contributed by atoms with Gasteiger partial charge in [0.25, 0.3) is 0 Å². The minimum Gasteiger partial charge on any atom is -0.462 e. The van der Waals surface area contributed by atoms with Gasteiger partial charge in [-0.2, -0.15) is 0 Å². The van der Waals surface area contributed by atoms with Gasteiger partial charge < -0.3 is 58.3 Å². The number of carbonyl (C=O) groups excluding carboxylic acids is 2. The Labute approximate surface area is 292 Å². The third-order valence-electron chi connectivity index (χ3n) is 10.1. The van der Waals surface area contributed by atoms with Gasteiger partial charge in [-0.15, -0.1) is 0 Å². The van der Waals surface area contributed by atoms with Crippen LogP contribution in [0.2, 0.25) is 0 Å². The van der Waals surface area contributed by atoms with Crippen molar-refractivity contribution >= 4 is 12.3 Å². The third kappa shape index (κ3) is 11.6. The quantitative estimate of drug-likeness (QED) is 0.238. The van der Waals surface area contributed by atoms with E-state index in [1.54, 1.807) is 32.8 Å². The molecule has 3 aliphatic rings. The molecule has 3 aliphatic heterocycles. The maximum Gasteiger partial charge on any atom is 0.308 e. The van der Waals surface area contributed by atoms with E-state index in [1.165, 1.54) is 7.11 Å². The first-order chi connectivity index (χ1) is 23.2. The predicted octanol–water partition coefficient (Wildman–Crippen LogP) is 2.05. The highest BCUT2D eigenvalue weighted by Crippen LogP contribution is 2.34. The second kappa shape index (κ2) is 19.7. The number of aldehydes is 1. The van der Waals surface area contributed by atoms with Gasteiger partial charge in [-0.25, -0.2) is 0 Å². The Bertz CT molecular complexity index is 1070. The highest BCUT2D eigenvalue weighted by molar-refractivity contribution is 5.70. The van der Waals surface area contributed by atoms with Crippen molar-refractivity contribution in [3.05, 3.63) is 24.3 Å². The number of cyclic esters (lactones) is 1. The molecule has 0 unspecified atom stereocenters. The Morgan fingerprint density at radius 1 is 0.918 bits per heavy atom. The van der Waals surface area contributed by atoms with Crippen molar-refractivity contribution in [3.8, 4) is 0 Å². The lowest BCUT2D eigenvalue weighted by Gasteiger charge is -2.46. The Morgan fingerprint density at radius 2 is 1.63 bits per heavy atom. The number of ether oxygens (including phenoxy) is 6. The van der Waals surface area contributed by atoms with E-state index in [1.807, 2.05) is 45.3 Å². The Balaban J connectivity index is 2.00. The average molecular weight is 699 g/mol. The van der Waals surface area contributed by atoms with Crippen LogP contribution in [0.3, 0.4) is 0 Å². The molecule has 3 N–H and O–H groups in total. The molecule has 13 nitrogen and oxygen atoms in total. The van der Waals surface area contributed by atoms with Crippen LogP contribution in [-0.4, -0.2) is 152 Å². The van der Waals surface area contributed by atoms with E-state index in [0.717, 1.165) is 19.1 Å². The van der Waals surface area contributed by atoms with Crippen molar-refractivity contribution in [1.82, 2.24) is 9.80 Å². The zero-order valence-electron chi connectivity index (χ0n) is 30.8. The van der Waals surface area contributed by atoms with E-state index < -0.39 is 79.3 Å². The van der Waals surface area contributed by atoms with E-state index in [2.05, 4.69) is 11.8 Å². The average Bonchev–Trinajstić information content (AvgIpc) is 3.01. The summed E-state index contributed by atoms with van der Waals surface area (Å²) in [5.74, 6) is -1.35. The van der Waals surface area contributed by atoms with Crippen molar-refractivity contribution in [2.45, 2.75) is 146 Å². The third-order valence-corrected chi connectivity index (χ3v) is 10.1. The molecule has 2 saturated heterocycles. The van der Waals surface area contributed by atoms with Crippen molar-refractivity contribution in [3.63, 3.8) is 0 Å². The van der Waals surface area contributed by atoms with Crippen LogP contribution in [0, 0.1) is 11.8 Å². The second-order valence-electron chi connectivity index (χ2n) is 14.4. The van der Waals surface area contributed by atoms with Gasteiger partial charge in [-0.05, 0) is 80.1 Å². The molecule has 282 valence electrons. The topological polar surface area (TPSA) is 157 Å². The lowest BCUT2D eigenvalue weighted by atomic mass is 9.82. The molecule has 0 spiro atoms. The zero-order valence-corrected chi connectivity index (χ0v) is 30.8. The minimum atomic E-state index is -1.37. The fraction of sp³-hybridized carbons (Fsp3) is 0.833. The van der Waals surface area contributed by atoms with Gasteiger partial charge in [0.15, 0.2) is 12.6 Å². The summed E-state index contributed by atoms with van der Waals surface area (Å²) >= 11 is 0.